The van der Waals surface area contributed by atoms with Gasteiger partial charge in [-0.2, -0.15) is 0 Å². The zero-order chi connectivity index (χ0) is 22.1. The Hall–Kier alpha value is -3.23. The summed E-state index contributed by atoms with van der Waals surface area (Å²) in [7, 11) is -3.64. The molecule has 0 spiro atoms. The summed E-state index contributed by atoms with van der Waals surface area (Å²) in [5, 5.41) is 2.57. The number of sulfonamides is 1. The van der Waals surface area contributed by atoms with Gasteiger partial charge in [0.2, 0.25) is 10.0 Å². The third-order valence-electron chi connectivity index (χ3n) is 4.49. The molecule has 0 aliphatic heterocycles. The number of carbonyl (C=O) groups excluding carboxylic acids is 1. The number of rotatable bonds is 10. The fourth-order valence-electron chi connectivity index (χ4n) is 2.81. The summed E-state index contributed by atoms with van der Waals surface area (Å²) in [5.41, 5.74) is 1.42. The van der Waals surface area contributed by atoms with Gasteiger partial charge in [-0.3, -0.25) is 4.79 Å². The highest BCUT2D eigenvalue weighted by molar-refractivity contribution is 7.89. The molecular formula is C23H23FN2O4S. The zero-order valence-corrected chi connectivity index (χ0v) is 17.6. The Morgan fingerprint density at radius 1 is 0.903 bits per heavy atom. The zero-order valence-electron chi connectivity index (χ0n) is 16.8. The summed E-state index contributed by atoms with van der Waals surface area (Å²) in [4.78, 5) is 12.0. The molecule has 0 heterocycles. The van der Waals surface area contributed by atoms with Crippen molar-refractivity contribution in [3.8, 4) is 5.75 Å². The molecule has 2 N–H and O–H groups in total. The molecule has 8 heteroatoms. The summed E-state index contributed by atoms with van der Waals surface area (Å²) in [6, 6.07) is 21.6. The van der Waals surface area contributed by atoms with E-state index in [9.17, 15) is 17.6 Å². The van der Waals surface area contributed by atoms with E-state index in [1.807, 2.05) is 30.3 Å². The highest BCUT2D eigenvalue weighted by atomic mass is 32.2. The maximum Gasteiger partial charge on any atom is 0.258 e. The van der Waals surface area contributed by atoms with E-state index < -0.39 is 21.7 Å². The van der Waals surface area contributed by atoms with Crippen LogP contribution in [0.4, 0.5) is 4.39 Å². The molecule has 0 saturated carbocycles. The first-order valence-electron chi connectivity index (χ1n) is 9.70. The van der Waals surface area contributed by atoms with Crippen LogP contribution < -0.4 is 14.8 Å². The first-order valence-corrected chi connectivity index (χ1v) is 11.2. The molecule has 0 aromatic heterocycles. The van der Waals surface area contributed by atoms with Gasteiger partial charge in [-0.15, -0.1) is 0 Å². The molecule has 0 saturated heterocycles. The van der Waals surface area contributed by atoms with Gasteiger partial charge in [0, 0.05) is 18.7 Å². The van der Waals surface area contributed by atoms with Crippen molar-refractivity contribution in [2.45, 2.75) is 17.9 Å². The number of benzene rings is 3. The van der Waals surface area contributed by atoms with E-state index in [2.05, 4.69) is 10.0 Å². The maximum absolute atomic E-state index is 13.6. The summed E-state index contributed by atoms with van der Waals surface area (Å²) in [5.74, 6) is -0.454. The third kappa shape index (κ3) is 6.91. The second-order valence-corrected chi connectivity index (χ2v) is 8.53. The maximum atomic E-state index is 13.6. The van der Waals surface area contributed by atoms with Crippen LogP contribution in [0.15, 0.2) is 83.8 Å². The van der Waals surface area contributed by atoms with E-state index in [0.29, 0.717) is 17.7 Å². The van der Waals surface area contributed by atoms with Crippen LogP contribution in [0.3, 0.4) is 0 Å². The Morgan fingerprint density at radius 3 is 2.29 bits per heavy atom. The Morgan fingerprint density at radius 2 is 1.58 bits per heavy atom. The molecule has 0 atom stereocenters. The molecular weight excluding hydrogens is 419 g/mol. The Labute approximate surface area is 181 Å². The fourth-order valence-corrected chi connectivity index (χ4v) is 3.84. The van der Waals surface area contributed by atoms with Crippen LogP contribution in [0.25, 0.3) is 0 Å². The molecule has 1 amide bonds. The second-order valence-electron chi connectivity index (χ2n) is 6.76. The van der Waals surface area contributed by atoms with E-state index >= 15 is 0 Å². The van der Waals surface area contributed by atoms with E-state index in [1.54, 1.807) is 18.2 Å². The van der Waals surface area contributed by atoms with Crippen LogP contribution in [0.5, 0.6) is 5.75 Å². The van der Waals surface area contributed by atoms with Gasteiger partial charge in [0.25, 0.3) is 5.91 Å². The molecule has 0 unspecified atom stereocenters. The van der Waals surface area contributed by atoms with Gasteiger partial charge in [-0.1, -0.05) is 48.5 Å². The van der Waals surface area contributed by atoms with Crippen LogP contribution in [0.1, 0.15) is 11.1 Å². The van der Waals surface area contributed by atoms with Crippen molar-refractivity contribution >= 4 is 15.9 Å². The predicted molar refractivity (Wildman–Crippen MR) is 116 cm³/mol. The van der Waals surface area contributed by atoms with E-state index in [4.69, 9.17) is 4.74 Å². The molecule has 31 heavy (non-hydrogen) atoms. The molecule has 0 bridgehead atoms. The average molecular weight is 443 g/mol. The Balaban J connectivity index is 1.45. The first kappa shape index (κ1) is 22.5. The fraction of sp³-hybridized carbons (Fsp3) is 0.174. The van der Waals surface area contributed by atoms with Gasteiger partial charge >= 0.3 is 0 Å². The molecule has 3 aromatic rings. The second kappa shape index (κ2) is 10.7. The topological polar surface area (TPSA) is 84.5 Å². The van der Waals surface area contributed by atoms with Crippen molar-refractivity contribution in [2.24, 2.45) is 0 Å². The molecule has 3 aromatic carbocycles. The minimum atomic E-state index is -3.64. The van der Waals surface area contributed by atoms with Gasteiger partial charge in [-0.25, -0.2) is 17.5 Å². The number of amides is 1. The van der Waals surface area contributed by atoms with Crippen LogP contribution in [0, 0.1) is 5.82 Å². The molecule has 0 fully saturated rings. The van der Waals surface area contributed by atoms with Crippen molar-refractivity contribution < 1.29 is 22.3 Å². The predicted octanol–water partition coefficient (Wildman–Crippen LogP) is 3.04. The SMILES string of the molecule is O=C(COc1ccc(S(=O)(=O)NCCc2ccccc2)cc1)NCc1ccccc1F. The molecule has 0 aliphatic carbocycles. The van der Waals surface area contributed by atoms with E-state index in [1.165, 1.54) is 30.3 Å². The first-order chi connectivity index (χ1) is 14.9. The van der Waals surface area contributed by atoms with Crippen LogP contribution in [0.2, 0.25) is 0 Å². The molecule has 3 rings (SSSR count). The number of halogens is 1. The van der Waals surface area contributed by atoms with Gasteiger partial charge in [0.05, 0.1) is 4.90 Å². The summed E-state index contributed by atoms with van der Waals surface area (Å²) < 4.78 is 46.3. The van der Waals surface area contributed by atoms with Gasteiger partial charge < -0.3 is 10.1 Å². The highest BCUT2D eigenvalue weighted by Gasteiger charge is 2.13. The molecule has 162 valence electrons. The summed E-state index contributed by atoms with van der Waals surface area (Å²) >= 11 is 0. The van der Waals surface area contributed by atoms with Crippen molar-refractivity contribution in [3.63, 3.8) is 0 Å². The number of hydrogen-bond donors (Lipinski definition) is 2. The Kier molecular flexibility index (Phi) is 7.75. The number of nitrogens with one attached hydrogen (secondary N) is 2. The standard InChI is InChI=1S/C23H23FN2O4S/c24-22-9-5-4-8-19(22)16-25-23(27)17-30-20-10-12-21(13-11-20)31(28,29)26-15-14-18-6-2-1-3-7-18/h1-13,26H,14-17H2,(H,25,27). The van der Waals surface area contributed by atoms with Gasteiger partial charge in [0.15, 0.2) is 6.61 Å². The normalized spacial score (nSPS) is 11.1. The van der Waals surface area contributed by atoms with Gasteiger partial charge in [0.1, 0.15) is 11.6 Å². The minimum absolute atomic E-state index is 0.0562. The lowest BCUT2D eigenvalue weighted by Crippen LogP contribution is -2.28. The lowest BCUT2D eigenvalue weighted by molar-refractivity contribution is -0.123. The van der Waals surface area contributed by atoms with Crippen molar-refractivity contribution in [3.05, 3.63) is 95.8 Å². The largest absolute Gasteiger partial charge is 0.484 e. The van der Waals surface area contributed by atoms with E-state index in [0.717, 1.165) is 5.56 Å². The summed E-state index contributed by atoms with van der Waals surface area (Å²) in [6.07, 6.45) is 0.587. The number of hydrogen-bond acceptors (Lipinski definition) is 4. The smallest absolute Gasteiger partial charge is 0.258 e. The average Bonchev–Trinajstić information content (AvgIpc) is 2.78. The van der Waals surface area contributed by atoms with Crippen LogP contribution in [-0.2, 0) is 27.8 Å². The van der Waals surface area contributed by atoms with Gasteiger partial charge in [-0.05, 0) is 42.3 Å². The quantitative estimate of drug-likeness (QED) is 0.506. The minimum Gasteiger partial charge on any atom is -0.484 e. The highest BCUT2D eigenvalue weighted by Crippen LogP contribution is 2.16. The molecule has 0 aliphatic rings. The van der Waals surface area contributed by atoms with Crippen LogP contribution >= 0.6 is 0 Å². The van der Waals surface area contributed by atoms with Crippen molar-refractivity contribution in [2.75, 3.05) is 13.2 Å². The third-order valence-corrected chi connectivity index (χ3v) is 5.96. The number of ether oxygens (including phenoxy) is 1. The monoisotopic (exact) mass is 442 g/mol. The van der Waals surface area contributed by atoms with Crippen LogP contribution in [-0.4, -0.2) is 27.5 Å². The van der Waals surface area contributed by atoms with E-state index in [-0.39, 0.29) is 24.6 Å². The van der Waals surface area contributed by atoms with Crippen molar-refractivity contribution in [1.29, 1.82) is 0 Å². The lowest BCUT2D eigenvalue weighted by atomic mass is 10.2. The lowest BCUT2D eigenvalue weighted by Gasteiger charge is -2.10. The number of carbonyl (C=O) groups is 1. The Bertz CT molecular complexity index is 1100. The van der Waals surface area contributed by atoms with Crippen molar-refractivity contribution in [1.82, 2.24) is 10.0 Å². The summed E-state index contributed by atoms with van der Waals surface area (Å²) in [6.45, 7) is 0.0728. The molecule has 6 nitrogen and oxygen atoms in total. The molecule has 0 radical (unpaired) electrons.